The summed E-state index contributed by atoms with van der Waals surface area (Å²) in [6.07, 6.45) is 0.127. The first-order valence-electron chi connectivity index (χ1n) is 7.41. The number of carboxylic acid groups (broad SMARTS) is 1. The Bertz CT molecular complexity index is 666. The van der Waals surface area contributed by atoms with E-state index in [0.29, 0.717) is 5.56 Å². The topological polar surface area (TPSA) is 49.8 Å². The second kappa shape index (κ2) is 6.20. The summed E-state index contributed by atoms with van der Waals surface area (Å²) in [5.41, 5.74) is 2.62. The lowest BCUT2D eigenvalue weighted by atomic mass is 10.1. The summed E-state index contributed by atoms with van der Waals surface area (Å²) < 4.78 is 5.96. The first-order chi connectivity index (χ1) is 10.6. The average Bonchev–Trinajstić information content (AvgIpc) is 2.65. The zero-order valence-electron chi connectivity index (χ0n) is 12.5. The third-order valence-corrected chi connectivity index (χ3v) is 3.82. The van der Waals surface area contributed by atoms with E-state index in [1.807, 2.05) is 30.3 Å². The second-order valence-corrected chi connectivity index (χ2v) is 5.71. The van der Waals surface area contributed by atoms with Crippen LogP contribution in [0.1, 0.15) is 28.4 Å². The number of para-hydroxylation sites is 1. The quantitative estimate of drug-likeness (QED) is 0.945. The fourth-order valence-electron chi connectivity index (χ4n) is 2.80. The molecule has 0 radical (unpaired) electrons. The number of hydrogen-bond acceptors (Lipinski definition) is 3. The van der Waals surface area contributed by atoms with E-state index in [4.69, 9.17) is 9.84 Å². The van der Waals surface area contributed by atoms with Gasteiger partial charge in [0.2, 0.25) is 0 Å². The van der Waals surface area contributed by atoms with Gasteiger partial charge >= 0.3 is 5.97 Å². The summed E-state index contributed by atoms with van der Waals surface area (Å²) in [5, 5.41) is 8.95. The minimum atomic E-state index is -0.891. The maximum absolute atomic E-state index is 10.9. The Morgan fingerprint density at radius 2 is 1.95 bits per heavy atom. The van der Waals surface area contributed by atoms with Crippen molar-refractivity contribution in [3.8, 4) is 5.75 Å². The highest BCUT2D eigenvalue weighted by Gasteiger charge is 2.19. The highest BCUT2D eigenvalue weighted by Crippen LogP contribution is 2.25. The van der Waals surface area contributed by atoms with Crippen molar-refractivity contribution in [2.24, 2.45) is 0 Å². The van der Waals surface area contributed by atoms with Crippen molar-refractivity contribution in [2.75, 3.05) is 6.54 Å². The van der Waals surface area contributed by atoms with Crippen LogP contribution in [0.3, 0.4) is 0 Å². The van der Waals surface area contributed by atoms with Crippen LogP contribution in [0.2, 0.25) is 0 Å². The zero-order valence-corrected chi connectivity index (χ0v) is 12.5. The van der Waals surface area contributed by atoms with Crippen LogP contribution >= 0.6 is 0 Å². The molecule has 0 bridgehead atoms. The number of fused-ring (bicyclic) bond motifs is 1. The van der Waals surface area contributed by atoms with Gasteiger partial charge in [0.05, 0.1) is 5.56 Å². The van der Waals surface area contributed by atoms with Crippen LogP contribution in [-0.2, 0) is 13.1 Å². The lowest BCUT2D eigenvalue weighted by Crippen LogP contribution is -2.30. The monoisotopic (exact) mass is 297 g/mol. The minimum Gasteiger partial charge on any atom is -0.489 e. The fourth-order valence-corrected chi connectivity index (χ4v) is 2.80. The van der Waals surface area contributed by atoms with Gasteiger partial charge in [-0.15, -0.1) is 0 Å². The smallest absolute Gasteiger partial charge is 0.335 e. The van der Waals surface area contributed by atoms with Crippen LogP contribution in [0.15, 0.2) is 48.5 Å². The number of ether oxygens (including phenoxy) is 1. The average molecular weight is 297 g/mol. The van der Waals surface area contributed by atoms with Gasteiger partial charge in [0.1, 0.15) is 11.9 Å². The predicted molar refractivity (Wildman–Crippen MR) is 84.0 cm³/mol. The van der Waals surface area contributed by atoms with Gasteiger partial charge in [-0.25, -0.2) is 4.79 Å². The molecule has 114 valence electrons. The number of hydrogen-bond donors (Lipinski definition) is 1. The Hall–Kier alpha value is -2.33. The van der Waals surface area contributed by atoms with E-state index in [1.54, 1.807) is 12.1 Å². The van der Waals surface area contributed by atoms with E-state index in [9.17, 15) is 4.79 Å². The van der Waals surface area contributed by atoms with Crippen molar-refractivity contribution in [3.63, 3.8) is 0 Å². The third kappa shape index (κ3) is 3.28. The van der Waals surface area contributed by atoms with E-state index in [2.05, 4.69) is 17.9 Å². The van der Waals surface area contributed by atoms with E-state index >= 15 is 0 Å². The minimum absolute atomic E-state index is 0.127. The molecule has 3 rings (SSSR count). The summed E-state index contributed by atoms with van der Waals surface area (Å²) >= 11 is 0. The van der Waals surface area contributed by atoms with Gasteiger partial charge in [-0.3, -0.25) is 4.90 Å². The molecule has 0 saturated heterocycles. The molecule has 1 atom stereocenters. The van der Waals surface area contributed by atoms with Crippen LogP contribution in [0, 0.1) is 0 Å². The summed E-state index contributed by atoms with van der Waals surface area (Å²) in [6.45, 7) is 4.53. The van der Waals surface area contributed by atoms with Crippen molar-refractivity contribution in [1.82, 2.24) is 4.90 Å². The zero-order chi connectivity index (χ0) is 15.5. The van der Waals surface area contributed by atoms with Gasteiger partial charge in [0, 0.05) is 25.2 Å². The summed E-state index contributed by atoms with van der Waals surface area (Å²) in [4.78, 5) is 13.2. The van der Waals surface area contributed by atoms with Gasteiger partial charge in [0.25, 0.3) is 0 Å². The maximum atomic E-state index is 10.9. The molecule has 4 heteroatoms. The first-order valence-corrected chi connectivity index (χ1v) is 7.41. The van der Waals surface area contributed by atoms with Gasteiger partial charge < -0.3 is 9.84 Å². The first kappa shape index (κ1) is 14.6. The van der Waals surface area contributed by atoms with Crippen LogP contribution in [0.5, 0.6) is 5.75 Å². The van der Waals surface area contributed by atoms with E-state index < -0.39 is 5.97 Å². The fraction of sp³-hybridized carbons (Fsp3) is 0.278. The molecule has 0 amide bonds. The predicted octanol–water partition coefficient (Wildman–Crippen LogP) is 3.17. The molecule has 0 aliphatic carbocycles. The molecule has 0 spiro atoms. The third-order valence-electron chi connectivity index (χ3n) is 3.82. The molecule has 2 aromatic carbocycles. The van der Waals surface area contributed by atoms with Gasteiger partial charge in [-0.05, 0) is 30.7 Å². The van der Waals surface area contributed by atoms with Crippen molar-refractivity contribution < 1.29 is 14.6 Å². The largest absolute Gasteiger partial charge is 0.489 e. The summed E-state index contributed by atoms with van der Waals surface area (Å²) in [7, 11) is 0. The molecule has 2 aromatic rings. The van der Waals surface area contributed by atoms with Crippen molar-refractivity contribution in [2.45, 2.75) is 26.1 Å². The molecule has 1 unspecified atom stereocenters. The number of nitrogens with zero attached hydrogens (tertiary/aromatic N) is 1. The summed E-state index contributed by atoms with van der Waals surface area (Å²) in [5.74, 6) is 0.0657. The maximum Gasteiger partial charge on any atom is 0.335 e. The molecular weight excluding hydrogens is 278 g/mol. The van der Waals surface area contributed by atoms with Crippen molar-refractivity contribution >= 4 is 5.97 Å². The van der Waals surface area contributed by atoms with Crippen LogP contribution in [0.4, 0.5) is 0 Å². The Kier molecular flexibility index (Phi) is 4.11. The Morgan fingerprint density at radius 3 is 2.68 bits per heavy atom. The number of rotatable bonds is 3. The Balaban J connectivity index is 1.76. The number of aromatic carboxylic acids is 1. The Labute approximate surface area is 130 Å². The normalized spacial score (nSPS) is 18.1. The van der Waals surface area contributed by atoms with E-state index in [1.165, 1.54) is 5.56 Å². The highest BCUT2D eigenvalue weighted by atomic mass is 16.5. The van der Waals surface area contributed by atoms with Crippen LogP contribution < -0.4 is 4.74 Å². The number of benzene rings is 2. The molecule has 1 N–H and O–H groups in total. The number of carbonyl (C=O) groups is 1. The van der Waals surface area contributed by atoms with Crippen molar-refractivity contribution in [1.29, 1.82) is 0 Å². The van der Waals surface area contributed by atoms with Gasteiger partial charge in [-0.1, -0.05) is 30.3 Å². The molecule has 0 fully saturated rings. The standard InChI is InChI=1S/C18H19NO3/c1-13-10-19(12-16-4-2-3-5-17(16)22-13)11-14-6-8-15(9-7-14)18(20)21/h2-9,13H,10-12H2,1H3,(H,20,21). The van der Waals surface area contributed by atoms with Crippen LogP contribution in [0.25, 0.3) is 0 Å². The second-order valence-electron chi connectivity index (χ2n) is 5.71. The SMILES string of the molecule is CC1CN(Cc2ccc(C(=O)O)cc2)Cc2ccccc2O1. The molecule has 0 saturated carbocycles. The molecule has 1 aliphatic rings. The molecule has 4 nitrogen and oxygen atoms in total. The number of carboxylic acids is 1. The summed E-state index contributed by atoms with van der Waals surface area (Å²) in [6, 6.07) is 15.2. The van der Waals surface area contributed by atoms with Crippen molar-refractivity contribution in [3.05, 3.63) is 65.2 Å². The Morgan fingerprint density at radius 1 is 1.23 bits per heavy atom. The van der Waals surface area contributed by atoms with Crippen LogP contribution in [-0.4, -0.2) is 28.6 Å². The lowest BCUT2D eigenvalue weighted by Gasteiger charge is -2.21. The highest BCUT2D eigenvalue weighted by molar-refractivity contribution is 5.87. The molecule has 0 aromatic heterocycles. The van der Waals surface area contributed by atoms with Gasteiger partial charge in [0.15, 0.2) is 0 Å². The van der Waals surface area contributed by atoms with Gasteiger partial charge in [-0.2, -0.15) is 0 Å². The lowest BCUT2D eigenvalue weighted by molar-refractivity contribution is 0.0697. The molecule has 22 heavy (non-hydrogen) atoms. The molecular formula is C18H19NO3. The molecule has 1 aliphatic heterocycles. The molecule has 1 heterocycles. The van der Waals surface area contributed by atoms with E-state index in [0.717, 1.165) is 30.9 Å². The van der Waals surface area contributed by atoms with E-state index in [-0.39, 0.29) is 6.10 Å².